The Labute approximate surface area is 175 Å². The normalized spacial score (nSPS) is 13.7. The van der Waals surface area contributed by atoms with Gasteiger partial charge in [0.2, 0.25) is 10.0 Å². The van der Waals surface area contributed by atoms with Crippen molar-refractivity contribution in [2.24, 2.45) is 7.05 Å². The second kappa shape index (κ2) is 8.01. The second-order valence-electron chi connectivity index (χ2n) is 6.48. The zero-order valence-electron chi connectivity index (χ0n) is 15.9. The Morgan fingerprint density at radius 2 is 1.80 bits per heavy atom. The van der Waals surface area contributed by atoms with Crippen molar-refractivity contribution in [3.63, 3.8) is 0 Å². The van der Waals surface area contributed by atoms with Crippen molar-refractivity contribution >= 4 is 32.7 Å². The van der Waals surface area contributed by atoms with E-state index in [0.29, 0.717) is 4.31 Å². The molecule has 0 aliphatic heterocycles. The number of hydrogen-bond donors (Lipinski definition) is 0. The molecule has 0 radical (unpaired) electrons. The first-order chi connectivity index (χ1) is 14.0. The second-order valence-corrected chi connectivity index (χ2v) is 8.78. The summed E-state index contributed by atoms with van der Waals surface area (Å²) in [5.41, 5.74) is -0.638. The predicted octanol–water partition coefficient (Wildman–Crippen LogP) is 3.90. The minimum absolute atomic E-state index is 0.0879. The molecule has 0 bridgehead atoms. The third kappa shape index (κ3) is 3.94. The van der Waals surface area contributed by atoms with Crippen LogP contribution in [0.3, 0.4) is 0 Å². The maximum absolute atomic E-state index is 14.0. The van der Waals surface area contributed by atoms with Crippen molar-refractivity contribution in [2.75, 3.05) is 6.54 Å². The van der Waals surface area contributed by atoms with Gasteiger partial charge < -0.3 is 4.57 Å². The van der Waals surface area contributed by atoms with Crippen LogP contribution >= 0.6 is 11.6 Å². The van der Waals surface area contributed by atoms with E-state index in [4.69, 9.17) is 11.6 Å². The summed E-state index contributed by atoms with van der Waals surface area (Å²) in [6, 6.07) is 6.40. The Hall–Kier alpha value is -2.43. The summed E-state index contributed by atoms with van der Waals surface area (Å²) in [7, 11) is -3.22. The fraction of sp³-hybridized carbons (Fsp3) is 0.263. The number of rotatable bonds is 5. The van der Waals surface area contributed by atoms with Crippen LogP contribution in [0.15, 0.2) is 58.4 Å². The minimum atomic E-state index is -4.89. The lowest BCUT2D eigenvalue weighted by atomic mass is 10.1. The van der Waals surface area contributed by atoms with Gasteiger partial charge in [0.1, 0.15) is 16.5 Å². The number of aryl methyl sites for hydroxylation is 1. The molecule has 0 aliphatic carbocycles. The van der Waals surface area contributed by atoms with E-state index in [1.165, 1.54) is 48.9 Å². The van der Waals surface area contributed by atoms with Crippen LogP contribution in [-0.2, 0) is 17.1 Å². The molecule has 1 unspecified atom stereocenters. The van der Waals surface area contributed by atoms with Crippen LogP contribution in [0, 0.1) is 0 Å². The van der Waals surface area contributed by atoms with Crippen LogP contribution in [0.4, 0.5) is 13.2 Å². The molecule has 0 spiro atoms. The first kappa shape index (κ1) is 22.3. The third-order valence-electron chi connectivity index (χ3n) is 4.66. The van der Waals surface area contributed by atoms with E-state index in [0.717, 1.165) is 18.3 Å². The van der Waals surface area contributed by atoms with Gasteiger partial charge in [-0.05, 0) is 29.8 Å². The van der Waals surface area contributed by atoms with Crippen LogP contribution in [0.2, 0.25) is 5.02 Å². The van der Waals surface area contributed by atoms with Crippen LogP contribution in [-0.4, -0.2) is 35.0 Å². The molecule has 0 saturated heterocycles. The Bertz CT molecular complexity index is 1240. The first-order valence-corrected chi connectivity index (χ1v) is 10.6. The van der Waals surface area contributed by atoms with Gasteiger partial charge in [-0.1, -0.05) is 36.7 Å². The average Bonchev–Trinajstić information content (AvgIpc) is 2.68. The van der Waals surface area contributed by atoms with Crippen LogP contribution < -0.4 is 5.56 Å². The topological polar surface area (TPSA) is 72.3 Å². The van der Waals surface area contributed by atoms with Crippen LogP contribution in [0.25, 0.3) is 11.0 Å². The number of alkyl halides is 3. The van der Waals surface area contributed by atoms with Gasteiger partial charge >= 0.3 is 6.18 Å². The molecular formula is C19H17ClF3N3O3S. The number of hydrogen-bond acceptors (Lipinski definition) is 4. The molecule has 160 valence electrons. The molecule has 3 rings (SSSR count). The number of halogens is 4. The van der Waals surface area contributed by atoms with Crippen molar-refractivity contribution in [1.82, 2.24) is 13.9 Å². The molecule has 2 aromatic carbocycles. The number of nitrogens with zero attached hydrogens (tertiary/aromatic N) is 3. The molecule has 1 heterocycles. The highest BCUT2D eigenvalue weighted by atomic mass is 35.5. The Morgan fingerprint density at radius 1 is 1.17 bits per heavy atom. The SMILES string of the molecule is CCN(C(c1ccc(Cl)cc1)C(F)(F)F)S(=O)(=O)c1cccc2c1ncc(=O)n2C. The fourth-order valence-corrected chi connectivity index (χ4v) is 5.12. The minimum Gasteiger partial charge on any atom is -0.308 e. The standard InChI is InChI=1S/C19H17ClF3N3O3S/c1-3-26(18(19(21,22)23)12-7-9-13(20)10-8-12)30(28,29)15-6-4-5-14-17(15)24-11-16(27)25(14)2/h4-11,18H,3H2,1-2H3. The highest BCUT2D eigenvalue weighted by Gasteiger charge is 2.49. The zero-order valence-corrected chi connectivity index (χ0v) is 17.5. The highest BCUT2D eigenvalue weighted by Crippen LogP contribution is 2.41. The molecule has 0 amide bonds. The van der Waals surface area contributed by atoms with Gasteiger partial charge in [-0.15, -0.1) is 0 Å². The van der Waals surface area contributed by atoms with E-state index in [1.807, 2.05) is 0 Å². The maximum Gasteiger partial charge on any atom is 0.409 e. The van der Waals surface area contributed by atoms with E-state index < -0.39 is 39.2 Å². The van der Waals surface area contributed by atoms with Gasteiger partial charge in [-0.3, -0.25) is 4.79 Å². The third-order valence-corrected chi connectivity index (χ3v) is 6.88. The molecular weight excluding hydrogens is 443 g/mol. The van der Waals surface area contributed by atoms with Gasteiger partial charge in [-0.25, -0.2) is 13.4 Å². The summed E-state index contributed by atoms with van der Waals surface area (Å²) in [6.45, 7) is 0.873. The van der Waals surface area contributed by atoms with Crippen molar-refractivity contribution < 1.29 is 21.6 Å². The monoisotopic (exact) mass is 459 g/mol. The van der Waals surface area contributed by atoms with E-state index in [-0.39, 0.29) is 21.6 Å². The van der Waals surface area contributed by atoms with Crippen LogP contribution in [0.5, 0.6) is 0 Å². The van der Waals surface area contributed by atoms with Crippen LogP contribution in [0.1, 0.15) is 18.5 Å². The first-order valence-electron chi connectivity index (χ1n) is 8.77. The molecule has 1 atom stereocenters. The van der Waals surface area contributed by atoms with E-state index in [9.17, 15) is 26.4 Å². The lowest BCUT2D eigenvalue weighted by Gasteiger charge is -2.32. The molecule has 6 nitrogen and oxygen atoms in total. The van der Waals surface area contributed by atoms with Gasteiger partial charge in [0.25, 0.3) is 5.56 Å². The summed E-state index contributed by atoms with van der Waals surface area (Å²) in [5, 5.41) is 0.227. The Kier molecular flexibility index (Phi) is 5.94. The molecule has 0 aliphatic rings. The Morgan fingerprint density at radius 3 is 2.37 bits per heavy atom. The van der Waals surface area contributed by atoms with Crippen molar-refractivity contribution in [3.8, 4) is 0 Å². The van der Waals surface area contributed by atoms with Gasteiger partial charge in [-0.2, -0.15) is 17.5 Å². The highest BCUT2D eigenvalue weighted by molar-refractivity contribution is 7.89. The lowest BCUT2D eigenvalue weighted by molar-refractivity contribution is -0.173. The number of aromatic nitrogens is 2. The molecule has 11 heteroatoms. The van der Waals surface area contributed by atoms with Gasteiger partial charge in [0.05, 0.1) is 11.7 Å². The van der Waals surface area contributed by atoms with Gasteiger partial charge in [0.15, 0.2) is 0 Å². The molecule has 0 saturated carbocycles. The zero-order chi connectivity index (χ0) is 22.3. The fourth-order valence-electron chi connectivity index (χ4n) is 3.23. The largest absolute Gasteiger partial charge is 0.409 e. The van der Waals surface area contributed by atoms with E-state index in [2.05, 4.69) is 4.98 Å². The van der Waals surface area contributed by atoms with E-state index in [1.54, 1.807) is 0 Å². The summed E-state index contributed by atoms with van der Waals surface area (Å²) in [6.07, 6.45) is -3.96. The summed E-state index contributed by atoms with van der Waals surface area (Å²) in [4.78, 5) is 15.3. The number of sulfonamides is 1. The molecule has 0 fully saturated rings. The molecule has 1 aromatic heterocycles. The van der Waals surface area contributed by atoms with E-state index >= 15 is 0 Å². The Balaban J connectivity index is 2.24. The average molecular weight is 460 g/mol. The molecule has 3 aromatic rings. The van der Waals surface area contributed by atoms with Crippen molar-refractivity contribution in [2.45, 2.75) is 24.0 Å². The quantitative estimate of drug-likeness (QED) is 0.580. The predicted molar refractivity (Wildman–Crippen MR) is 107 cm³/mol. The smallest absolute Gasteiger partial charge is 0.308 e. The number of benzene rings is 2. The maximum atomic E-state index is 14.0. The summed E-state index contributed by atoms with van der Waals surface area (Å²) in [5.74, 6) is 0. The summed E-state index contributed by atoms with van der Waals surface area (Å²) >= 11 is 5.77. The molecule has 30 heavy (non-hydrogen) atoms. The molecule has 0 N–H and O–H groups in total. The summed E-state index contributed by atoms with van der Waals surface area (Å²) < 4.78 is 70.4. The van der Waals surface area contributed by atoms with Crippen molar-refractivity contribution in [3.05, 3.63) is 69.6 Å². The lowest BCUT2D eigenvalue weighted by Crippen LogP contribution is -2.42. The van der Waals surface area contributed by atoms with Crippen molar-refractivity contribution in [1.29, 1.82) is 0 Å². The number of fused-ring (bicyclic) bond motifs is 1. The number of para-hydroxylation sites is 1. The van der Waals surface area contributed by atoms with Gasteiger partial charge in [0, 0.05) is 18.6 Å².